The number of benzene rings is 2. The maximum Gasteiger partial charge on any atom is 0.242 e. The second-order valence-electron chi connectivity index (χ2n) is 5.18. The van der Waals surface area contributed by atoms with Gasteiger partial charge in [-0.05, 0) is 42.2 Å². The van der Waals surface area contributed by atoms with Crippen molar-refractivity contribution in [3.63, 3.8) is 0 Å². The number of fused-ring (bicyclic) bond motifs is 1. The average Bonchev–Trinajstić information content (AvgIpc) is 2.79. The lowest BCUT2D eigenvalue weighted by Gasteiger charge is -2.14. The molecule has 0 saturated heterocycles. The zero-order valence-electron chi connectivity index (χ0n) is 11.2. The molecule has 6 heteroatoms. The number of hydrogen-bond acceptors (Lipinski definition) is 3. The predicted molar refractivity (Wildman–Crippen MR) is 83.8 cm³/mol. The van der Waals surface area contributed by atoms with Gasteiger partial charge in [0, 0.05) is 11.1 Å². The normalized spacial score (nSPS) is 15.1. The fourth-order valence-corrected chi connectivity index (χ4v) is 4.22. The van der Waals surface area contributed by atoms with Gasteiger partial charge in [-0.25, -0.2) is 13.1 Å². The standard InChI is InChI=1S/C15H15ClN2O2S/c16-12-5-6-15(14(17)9-12)21(19,20)18-13-7-10-3-1-2-4-11(10)8-13/h1-6,9,13,18H,7-8,17H2. The van der Waals surface area contributed by atoms with E-state index in [4.69, 9.17) is 17.3 Å². The van der Waals surface area contributed by atoms with Crippen LogP contribution in [0, 0.1) is 0 Å². The molecule has 0 saturated carbocycles. The molecule has 0 bridgehead atoms. The van der Waals surface area contributed by atoms with Crippen LogP contribution < -0.4 is 10.5 Å². The Morgan fingerprint density at radius 3 is 2.29 bits per heavy atom. The van der Waals surface area contributed by atoms with Crippen LogP contribution in [-0.4, -0.2) is 14.5 Å². The molecule has 0 heterocycles. The van der Waals surface area contributed by atoms with E-state index in [1.165, 1.54) is 29.3 Å². The van der Waals surface area contributed by atoms with Gasteiger partial charge >= 0.3 is 0 Å². The molecular weight excluding hydrogens is 308 g/mol. The van der Waals surface area contributed by atoms with Crippen molar-refractivity contribution < 1.29 is 8.42 Å². The Kier molecular flexibility index (Phi) is 3.65. The third kappa shape index (κ3) is 2.90. The first-order chi connectivity index (χ1) is 9.95. The van der Waals surface area contributed by atoms with E-state index < -0.39 is 10.0 Å². The molecule has 2 aromatic carbocycles. The third-order valence-electron chi connectivity index (χ3n) is 3.63. The summed E-state index contributed by atoms with van der Waals surface area (Å²) in [5.74, 6) is 0. The molecule has 1 aliphatic carbocycles. The number of halogens is 1. The van der Waals surface area contributed by atoms with Crippen LogP contribution in [0.5, 0.6) is 0 Å². The van der Waals surface area contributed by atoms with Gasteiger partial charge in [0.05, 0.1) is 5.69 Å². The summed E-state index contributed by atoms with van der Waals surface area (Å²) in [5, 5.41) is 0.416. The lowest BCUT2D eigenvalue weighted by Crippen LogP contribution is -2.35. The highest BCUT2D eigenvalue weighted by atomic mass is 35.5. The van der Waals surface area contributed by atoms with Gasteiger partial charge < -0.3 is 5.73 Å². The van der Waals surface area contributed by atoms with Crippen molar-refractivity contribution in [2.24, 2.45) is 0 Å². The van der Waals surface area contributed by atoms with Crippen LogP contribution in [0.15, 0.2) is 47.4 Å². The van der Waals surface area contributed by atoms with Crippen molar-refractivity contribution in [1.29, 1.82) is 0 Å². The van der Waals surface area contributed by atoms with E-state index in [1.807, 2.05) is 24.3 Å². The molecule has 21 heavy (non-hydrogen) atoms. The Hall–Kier alpha value is -1.56. The van der Waals surface area contributed by atoms with Crippen molar-refractivity contribution in [1.82, 2.24) is 4.72 Å². The number of nitrogens with two attached hydrogens (primary N) is 1. The zero-order chi connectivity index (χ0) is 15.0. The monoisotopic (exact) mass is 322 g/mol. The SMILES string of the molecule is Nc1cc(Cl)ccc1S(=O)(=O)NC1Cc2ccccc2C1. The van der Waals surface area contributed by atoms with Gasteiger partial charge in [0.1, 0.15) is 4.90 Å². The Morgan fingerprint density at radius 1 is 1.10 bits per heavy atom. The highest BCUT2D eigenvalue weighted by molar-refractivity contribution is 7.89. The highest BCUT2D eigenvalue weighted by Crippen LogP contribution is 2.26. The third-order valence-corrected chi connectivity index (χ3v) is 5.46. The average molecular weight is 323 g/mol. The van der Waals surface area contributed by atoms with Crippen LogP contribution in [0.3, 0.4) is 0 Å². The maximum atomic E-state index is 12.4. The van der Waals surface area contributed by atoms with Crippen molar-refractivity contribution in [3.05, 3.63) is 58.6 Å². The minimum Gasteiger partial charge on any atom is -0.398 e. The summed E-state index contributed by atoms with van der Waals surface area (Å²) in [6.45, 7) is 0. The summed E-state index contributed by atoms with van der Waals surface area (Å²) >= 11 is 5.80. The zero-order valence-corrected chi connectivity index (χ0v) is 12.8. The van der Waals surface area contributed by atoms with Crippen molar-refractivity contribution in [3.8, 4) is 0 Å². The molecule has 0 aliphatic heterocycles. The van der Waals surface area contributed by atoms with Gasteiger partial charge in [0.2, 0.25) is 10.0 Å². The Bertz CT molecular complexity index is 765. The molecule has 3 N–H and O–H groups in total. The van der Waals surface area contributed by atoms with Gasteiger partial charge in [-0.3, -0.25) is 0 Å². The summed E-state index contributed by atoms with van der Waals surface area (Å²) in [6.07, 6.45) is 1.39. The Balaban J connectivity index is 1.82. The van der Waals surface area contributed by atoms with Crippen LogP contribution in [0.1, 0.15) is 11.1 Å². The second-order valence-corrected chi connectivity index (χ2v) is 7.30. The van der Waals surface area contributed by atoms with Crippen LogP contribution in [-0.2, 0) is 22.9 Å². The molecule has 4 nitrogen and oxygen atoms in total. The molecule has 3 rings (SSSR count). The molecule has 0 spiro atoms. The van der Waals surface area contributed by atoms with Gasteiger partial charge in [0.25, 0.3) is 0 Å². The van der Waals surface area contributed by atoms with Crippen LogP contribution in [0.2, 0.25) is 5.02 Å². The fraction of sp³-hybridized carbons (Fsp3) is 0.200. The molecular formula is C15H15ClN2O2S. The quantitative estimate of drug-likeness (QED) is 0.852. The van der Waals surface area contributed by atoms with E-state index in [0.29, 0.717) is 17.9 Å². The fourth-order valence-electron chi connectivity index (χ4n) is 2.69. The Labute approximate surface area is 129 Å². The van der Waals surface area contributed by atoms with Crippen LogP contribution in [0.25, 0.3) is 0 Å². The maximum absolute atomic E-state index is 12.4. The molecule has 0 aromatic heterocycles. The summed E-state index contributed by atoms with van der Waals surface area (Å²) < 4.78 is 27.6. The summed E-state index contributed by atoms with van der Waals surface area (Å²) in [7, 11) is -3.64. The van der Waals surface area contributed by atoms with Crippen molar-refractivity contribution >= 4 is 27.3 Å². The number of nitrogen functional groups attached to an aromatic ring is 1. The van der Waals surface area contributed by atoms with Crippen molar-refractivity contribution in [2.75, 3.05) is 5.73 Å². The molecule has 0 unspecified atom stereocenters. The molecule has 0 atom stereocenters. The van der Waals surface area contributed by atoms with E-state index in [2.05, 4.69) is 4.72 Å². The second kappa shape index (κ2) is 5.33. The van der Waals surface area contributed by atoms with Crippen molar-refractivity contribution in [2.45, 2.75) is 23.8 Å². The molecule has 1 aliphatic rings. The van der Waals surface area contributed by atoms with Gasteiger partial charge in [0.15, 0.2) is 0 Å². The minimum atomic E-state index is -3.64. The van der Waals surface area contributed by atoms with Crippen LogP contribution in [0.4, 0.5) is 5.69 Å². The lowest BCUT2D eigenvalue weighted by molar-refractivity contribution is 0.556. The number of nitrogens with one attached hydrogen (secondary N) is 1. The smallest absolute Gasteiger partial charge is 0.242 e. The topological polar surface area (TPSA) is 72.2 Å². The van der Waals surface area contributed by atoms with E-state index in [-0.39, 0.29) is 16.6 Å². The minimum absolute atomic E-state index is 0.0721. The number of anilines is 1. The first-order valence-electron chi connectivity index (χ1n) is 6.60. The van der Waals surface area contributed by atoms with E-state index >= 15 is 0 Å². The summed E-state index contributed by atoms with van der Waals surface area (Å²) in [5.41, 5.74) is 8.30. The van der Waals surface area contributed by atoms with Gasteiger partial charge in [-0.1, -0.05) is 35.9 Å². The summed E-state index contributed by atoms with van der Waals surface area (Å²) in [4.78, 5) is 0.0721. The van der Waals surface area contributed by atoms with Gasteiger partial charge in [-0.2, -0.15) is 0 Å². The Morgan fingerprint density at radius 2 is 1.71 bits per heavy atom. The highest BCUT2D eigenvalue weighted by Gasteiger charge is 2.27. The number of rotatable bonds is 3. The van der Waals surface area contributed by atoms with Gasteiger partial charge in [-0.15, -0.1) is 0 Å². The molecule has 110 valence electrons. The van der Waals surface area contributed by atoms with E-state index in [1.54, 1.807) is 0 Å². The lowest BCUT2D eigenvalue weighted by atomic mass is 10.1. The molecule has 0 radical (unpaired) electrons. The number of sulfonamides is 1. The van der Waals surface area contributed by atoms with Crippen LogP contribution >= 0.6 is 11.6 Å². The largest absolute Gasteiger partial charge is 0.398 e. The predicted octanol–water partition coefficient (Wildman–Crippen LogP) is 2.37. The first kappa shape index (κ1) is 14.4. The van der Waals surface area contributed by atoms with E-state index in [9.17, 15) is 8.42 Å². The molecule has 0 fully saturated rings. The summed E-state index contributed by atoms with van der Waals surface area (Å²) in [6, 6.07) is 12.3. The number of hydrogen-bond donors (Lipinski definition) is 2. The first-order valence-corrected chi connectivity index (χ1v) is 8.46. The molecule has 2 aromatic rings. The van der Waals surface area contributed by atoms with E-state index in [0.717, 1.165) is 0 Å². The molecule has 0 amide bonds.